The monoisotopic (exact) mass is 225 g/mol. The van der Waals surface area contributed by atoms with E-state index in [0.29, 0.717) is 17.4 Å². The number of hydrogen-bond donors (Lipinski definition) is 1. The summed E-state index contributed by atoms with van der Waals surface area (Å²) in [6.07, 6.45) is 0. The number of aryl methyl sites for hydroxylation is 1. The van der Waals surface area contributed by atoms with Crippen LogP contribution in [0.3, 0.4) is 0 Å². The molecule has 2 N–H and O–H groups in total. The molecule has 0 saturated heterocycles. The van der Waals surface area contributed by atoms with Crippen LogP contribution in [0.2, 0.25) is 0 Å². The second kappa shape index (κ2) is 3.59. The second-order valence-corrected chi connectivity index (χ2v) is 3.85. The summed E-state index contributed by atoms with van der Waals surface area (Å²) in [4.78, 5) is 8.34. The van der Waals surface area contributed by atoms with Crippen molar-refractivity contribution >= 4 is 16.9 Å². The van der Waals surface area contributed by atoms with Gasteiger partial charge in [-0.25, -0.2) is 4.98 Å². The molecule has 4 nitrogen and oxygen atoms in total. The van der Waals surface area contributed by atoms with Gasteiger partial charge >= 0.3 is 0 Å². The highest BCUT2D eigenvalue weighted by Crippen LogP contribution is 2.28. The van der Waals surface area contributed by atoms with E-state index in [1.54, 1.807) is 6.92 Å². The van der Waals surface area contributed by atoms with Crippen molar-refractivity contribution in [2.75, 3.05) is 5.73 Å². The highest BCUT2D eigenvalue weighted by atomic mass is 16.3. The van der Waals surface area contributed by atoms with E-state index in [1.165, 1.54) is 0 Å². The van der Waals surface area contributed by atoms with Gasteiger partial charge in [-0.15, -0.1) is 0 Å². The molecule has 1 aromatic carbocycles. The van der Waals surface area contributed by atoms with Crippen molar-refractivity contribution in [1.29, 1.82) is 0 Å². The zero-order valence-corrected chi connectivity index (χ0v) is 9.34. The number of furan rings is 1. The molecule has 0 spiro atoms. The van der Waals surface area contributed by atoms with Crippen molar-refractivity contribution in [1.82, 2.24) is 9.97 Å². The first-order valence-corrected chi connectivity index (χ1v) is 5.33. The highest BCUT2D eigenvalue weighted by Gasteiger charge is 2.10. The minimum absolute atomic E-state index is 0.457. The first kappa shape index (κ1) is 9.84. The Labute approximate surface area is 98.1 Å². The van der Waals surface area contributed by atoms with E-state index in [4.69, 9.17) is 10.2 Å². The predicted molar refractivity (Wildman–Crippen MR) is 66.4 cm³/mol. The van der Waals surface area contributed by atoms with Gasteiger partial charge in [0.25, 0.3) is 0 Å². The topological polar surface area (TPSA) is 64.9 Å². The normalized spacial score (nSPS) is 10.9. The van der Waals surface area contributed by atoms with Crippen LogP contribution in [0.5, 0.6) is 0 Å². The van der Waals surface area contributed by atoms with Crippen LogP contribution in [0, 0.1) is 6.92 Å². The van der Waals surface area contributed by atoms with E-state index < -0.39 is 0 Å². The number of nitrogens with two attached hydrogens (primary N) is 1. The van der Waals surface area contributed by atoms with Crippen molar-refractivity contribution in [2.45, 2.75) is 6.92 Å². The third-order valence-electron chi connectivity index (χ3n) is 2.59. The number of benzene rings is 1. The Balaban J connectivity index is 2.24. The molecule has 0 fully saturated rings. The molecule has 0 radical (unpaired) electrons. The standard InChI is InChI=1S/C13H11N3O/c1-8-15-12(14)10-7-11(17-13(10)16-8)9-5-3-2-4-6-9/h2-7H,1H3,(H2,14,15,16). The van der Waals surface area contributed by atoms with Gasteiger partial charge in [0.2, 0.25) is 5.71 Å². The lowest BCUT2D eigenvalue weighted by Gasteiger charge is -1.94. The van der Waals surface area contributed by atoms with E-state index in [0.717, 1.165) is 16.7 Å². The van der Waals surface area contributed by atoms with Crippen LogP contribution in [-0.4, -0.2) is 9.97 Å². The minimum Gasteiger partial charge on any atom is -0.438 e. The van der Waals surface area contributed by atoms with Crippen molar-refractivity contribution in [3.63, 3.8) is 0 Å². The van der Waals surface area contributed by atoms with E-state index in [-0.39, 0.29) is 0 Å². The van der Waals surface area contributed by atoms with Crippen molar-refractivity contribution < 1.29 is 4.42 Å². The number of nitrogens with zero attached hydrogens (tertiary/aromatic N) is 2. The van der Waals surface area contributed by atoms with Gasteiger partial charge < -0.3 is 10.2 Å². The third kappa shape index (κ3) is 1.63. The molecule has 0 atom stereocenters. The van der Waals surface area contributed by atoms with Crippen molar-refractivity contribution in [3.8, 4) is 11.3 Å². The van der Waals surface area contributed by atoms with Crippen LogP contribution in [0.1, 0.15) is 5.82 Å². The molecule has 84 valence electrons. The predicted octanol–water partition coefficient (Wildman–Crippen LogP) is 2.78. The Morgan fingerprint density at radius 1 is 1.12 bits per heavy atom. The number of rotatable bonds is 1. The second-order valence-electron chi connectivity index (χ2n) is 3.85. The van der Waals surface area contributed by atoms with Gasteiger partial charge in [0.15, 0.2) is 0 Å². The Kier molecular flexibility index (Phi) is 2.08. The number of fused-ring (bicyclic) bond motifs is 1. The fourth-order valence-corrected chi connectivity index (χ4v) is 1.80. The number of aromatic nitrogens is 2. The largest absolute Gasteiger partial charge is 0.438 e. The van der Waals surface area contributed by atoms with Gasteiger partial charge in [-0.2, -0.15) is 4.98 Å². The Hall–Kier alpha value is -2.36. The molecule has 2 heterocycles. The summed E-state index contributed by atoms with van der Waals surface area (Å²) in [5, 5.41) is 0.759. The Morgan fingerprint density at radius 2 is 1.88 bits per heavy atom. The molecular weight excluding hydrogens is 214 g/mol. The smallest absolute Gasteiger partial charge is 0.232 e. The van der Waals surface area contributed by atoms with E-state index in [2.05, 4.69) is 9.97 Å². The highest BCUT2D eigenvalue weighted by molar-refractivity contribution is 5.88. The van der Waals surface area contributed by atoms with Gasteiger partial charge in [0, 0.05) is 5.56 Å². The Morgan fingerprint density at radius 3 is 2.65 bits per heavy atom. The molecule has 0 aliphatic rings. The Bertz CT molecular complexity index is 674. The molecule has 0 amide bonds. The van der Waals surface area contributed by atoms with Crippen LogP contribution < -0.4 is 5.73 Å². The molecule has 4 heteroatoms. The first-order chi connectivity index (χ1) is 8.24. The summed E-state index contributed by atoms with van der Waals surface area (Å²) in [6, 6.07) is 11.7. The van der Waals surface area contributed by atoms with Crippen LogP contribution in [0.25, 0.3) is 22.4 Å². The number of anilines is 1. The summed E-state index contributed by atoms with van der Waals surface area (Å²) >= 11 is 0. The zero-order chi connectivity index (χ0) is 11.8. The van der Waals surface area contributed by atoms with Crippen molar-refractivity contribution in [3.05, 3.63) is 42.2 Å². The van der Waals surface area contributed by atoms with Crippen LogP contribution in [0.15, 0.2) is 40.8 Å². The minimum atomic E-state index is 0.457. The van der Waals surface area contributed by atoms with E-state index in [1.807, 2.05) is 36.4 Å². The summed E-state index contributed by atoms with van der Waals surface area (Å²) in [6.45, 7) is 1.79. The summed E-state index contributed by atoms with van der Waals surface area (Å²) < 4.78 is 5.68. The zero-order valence-electron chi connectivity index (χ0n) is 9.34. The molecular formula is C13H11N3O. The molecule has 17 heavy (non-hydrogen) atoms. The quantitative estimate of drug-likeness (QED) is 0.691. The summed E-state index contributed by atoms with van der Waals surface area (Å²) in [7, 11) is 0. The van der Waals surface area contributed by atoms with E-state index in [9.17, 15) is 0 Å². The average Bonchev–Trinajstić information content (AvgIpc) is 2.74. The molecule has 0 bridgehead atoms. The lowest BCUT2D eigenvalue weighted by atomic mass is 10.2. The fourth-order valence-electron chi connectivity index (χ4n) is 1.80. The van der Waals surface area contributed by atoms with E-state index >= 15 is 0 Å². The van der Waals surface area contributed by atoms with Crippen molar-refractivity contribution in [2.24, 2.45) is 0 Å². The fraction of sp³-hybridized carbons (Fsp3) is 0.0769. The molecule has 2 aromatic heterocycles. The third-order valence-corrected chi connectivity index (χ3v) is 2.59. The number of nitrogen functional groups attached to an aromatic ring is 1. The molecule has 0 aliphatic heterocycles. The maximum Gasteiger partial charge on any atom is 0.232 e. The number of hydrogen-bond acceptors (Lipinski definition) is 4. The SMILES string of the molecule is Cc1nc(N)c2cc(-c3ccccc3)oc2n1. The van der Waals surface area contributed by atoms with Gasteiger partial charge in [-0.3, -0.25) is 0 Å². The maximum absolute atomic E-state index is 5.84. The lowest BCUT2D eigenvalue weighted by molar-refractivity contribution is 0.616. The maximum atomic E-state index is 5.84. The van der Waals surface area contributed by atoms with Crippen LogP contribution >= 0.6 is 0 Å². The molecule has 3 aromatic rings. The van der Waals surface area contributed by atoms with Crippen LogP contribution in [-0.2, 0) is 0 Å². The molecule has 0 saturated carbocycles. The van der Waals surface area contributed by atoms with Gasteiger partial charge in [-0.1, -0.05) is 30.3 Å². The molecule has 3 rings (SSSR count). The summed E-state index contributed by atoms with van der Waals surface area (Å²) in [5.41, 5.74) is 7.38. The molecule has 0 aliphatic carbocycles. The summed E-state index contributed by atoms with van der Waals surface area (Å²) in [5.74, 6) is 1.83. The molecule has 0 unspecified atom stereocenters. The first-order valence-electron chi connectivity index (χ1n) is 5.33. The van der Waals surface area contributed by atoms with Gasteiger partial charge in [0.05, 0.1) is 5.39 Å². The van der Waals surface area contributed by atoms with Crippen LogP contribution in [0.4, 0.5) is 5.82 Å². The van der Waals surface area contributed by atoms with Gasteiger partial charge in [0.1, 0.15) is 17.4 Å². The van der Waals surface area contributed by atoms with Gasteiger partial charge in [-0.05, 0) is 13.0 Å². The average molecular weight is 225 g/mol. The lowest BCUT2D eigenvalue weighted by Crippen LogP contribution is -1.94.